The van der Waals surface area contributed by atoms with E-state index in [-0.39, 0.29) is 26.4 Å². The first kappa shape index (κ1) is 41.5. The molecule has 10 rings (SSSR count). The fraction of sp³-hybridized carbons (Fsp3) is 0.0714. The number of rotatable bonds is 12. The average molecular weight is 866 g/mol. The van der Waals surface area contributed by atoms with Gasteiger partial charge in [-0.1, -0.05) is 133 Å². The molecule has 8 aromatic carbocycles. The third-order valence-corrected chi connectivity index (χ3v) is 11.8. The highest BCUT2D eigenvalue weighted by molar-refractivity contribution is 6.92. The van der Waals surface area contributed by atoms with E-state index >= 15 is 0 Å². The fourth-order valence-corrected chi connectivity index (χ4v) is 8.57. The molecule has 0 aliphatic carbocycles. The van der Waals surface area contributed by atoms with Crippen molar-refractivity contribution in [1.29, 1.82) is 0 Å². The molecule has 0 atom stereocenters. The molecule has 0 radical (unpaired) electrons. The monoisotopic (exact) mass is 865 g/mol. The van der Waals surface area contributed by atoms with Crippen LogP contribution in [0.5, 0.6) is 0 Å². The Bertz CT molecular complexity index is 2700. The summed E-state index contributed by atoms with van der Waals surface area (Å²) >= 11 is 0. The van der Waals surface area contributed by atoms with Crippen molar-refractivity contribution in [3.05, 3.63) is 239 Å². The van der Waals surface area contributed by atoms with Crippen molar-refractivity contribution in [3.8, 4) is 22.3 Å². The van der Waals surface area contributed by atoms with Crippen LogP contribution in [0, 0.1) is 0 Å². The molecule has 320 valence electrons. The Kier molecular flexibility index (Phi) is 11.5. The SMILES string of the molecule is O=C(OCc1ccccc1)c1ccc2c(c1)-c1cc(C(=O)OCc3ccccc3)ccc1N1B2c2ccc(C(=O)OCc3ccccc3)cc2-c2cc(C(=O)OCc3ccccc3)ccc21. The Morgan fingerprint density at radius 1 is 0.333 bits per heavy atom. The van der Waals surface area contributed by atoms with Gasteiger partial charge in [-0.15, -0.1) is 0 Å². The number of benzene rings is 8. The van der Waals surface area contributed by atoms with Crippen molar-refractivity contribution < 1.29 is 38.1 Å². The average Bonchev–Trinajstić information content (AvgIpc) is 3.38. The predicted molar refractivity (Wildman–Crippen MR) is 253 cm³/mol. The Labute approximate surface area is 381 Å². The van der Waals surface area contributed by atoms with E-state index in [0.29, 0.717) is 33.4 Å². The number of fused-ring (bicyclic) bond motifs is 11. The van der Waals surface area contributed by atoms with Gasteiger partial charge in [-0.05, 0) is 105 Å². The van der Waals surface area contributed by atoms with Gasteiger partial charge in [0.05, 0.1) is 22.3 Å². The second-order valence-corrected chi connectivity index (χ2v) is 16.1. The lowest BCUT2D eigenvalue weighted by atomic mass is 9.43. The number of nitrogens with zero attached hydrogens (tertiary/aromatic N) is 1. The summed E-state index contributed by atoms with van der Waals surface area (Å²) in [6.45, 7) is -0.0698. The van der Waals surface area contributed by atoms with Gasteiger partial charge in [0.25, 0.3) is 0 Å². The van der Waals surface area contributed by atoms with Gasteiger partial charge >= 0.3 is 30.7 Å². The van der Waals surface area contributed by atoms with Crippen molar-refractivity contribution in [3.63, 3.8) is 0 Å². The van der Waals surface area contributed by atoms with Gasteiger partial charge in [-0.2, -0.15) is 0 Å². The third-order valence-electron chi connectivity index (χ3n) is 11.8. The van der Waals surface area contributed by atoms with Crippen LogP contribution in [0.15, 0.2) is 194 Å². The van der Waals surface area contributed by atoms with Crippen LogP contribution in [0.3, 0.4) is 0 Å². The molecule has 10 heteroatoms. The van der Waals surface area contributed by atoms with E-state index in [1.54, 1.807) is 36.4 Å². The van der Waals surface area contributed by atoms with E-state index in [4.69, 9.17) is 18.9 Å². The lowest BCUT2D eigenvalue weighted by molar-refractivity contribution is 0.0464. The van der Waals surface area contributed by atoms with Crippen LogP contribution < -0.4 is 15.7 Å². The molecule has 0 unspecified atom stereocenters. The molecule has 0 bridgehead atoms. The quantitative estimate of drug-likeness (QED) is 0.0674. The molecule has 2 heterocycles. The van der Waals surface area contributed by atoms with E-state index in [0.717, 1.165) is 55.7 Å². The summed E-state index contributed by atoms with van der Waals surface area (Å²) in [5.74, 6) is -2.00. The second-order valence-electron chi connectivity index (χ2n) is 16.1. The molecule has 9 nitrogen and oxygen atoms in total. The zero-order chi connectivity index (χ0) is 45.0. The van der Waals surface area contributed by atoms with Crippen LogP contribution in [0.2, 0.25) is 0 Å². The van der Waals surface area contributed by atoms with Crippen LogP contribution in [-0.4, -0.2) is 30.7 Å². The highest BCUT2D eigenvalue weighted by atomic mass is 16.5. The Morgan fingerprint density at radius 3 is 0.909 bits per heavy atom. The van der Waals surface area contributed by atoms with Crippen molar-refractivity contribution >= 4 is 53.0 Å². The van der Waals surface area contributed by atoms with Gasteiger partial charge in [0.2, 0.25) is 0 Å². The lowest BCUT2D eigenvalue weighted by Gasteiger charge is -2.43. The Morgan fingerprint density at radius 2 is 0.606 bits per heavy atom. The molecule has 0 saturated carbocycles. The van der Waals surface area contributed by atoms with Gasteiger partial charge < -0.3 is 23.8 Å². The van der Waals surface area contributed by atoms with Crippen LogP contribution in [-0.2, 0) is 45.4 Å². The van der Waals surface area contributed by atoms with Crippen molar-refractivity contribution in [2.75, 3.05) is 4.81 Å². The number of hydrogen-bond donors (Lipinski definition) is 0. The number of carbonyl (C=O) groups is 4. The summed E-state index contributed by atoms with van der Waals surface area (Å²) in [6.07, 6.45) is 0. The maximum absolute atomic E-state index is 13.7. The molecule has 0 aromatic heterocycles. The summed E-state index contributed by atoms with van der Waals surface area (Å²) in [6, 6.07) is 59.7. The molecule has 66 heavy (non-hydrogen) atoms. The zero-order valence-corrected chi connectivity index (χ0v) is 35.6. The smallest absolute Gasteiger partial charge is 0.338 e. The molecule has 0 saturated heterocycles. The maximum atomic E-state index is 13.7. The first-order valence-corrected chi connectivity index (χ1v) is 21.6. The molecule has 2 aliphatic rings. The minimum Gasteiger partial charge on any atom is -0.457 e. The standard InChI is InChI=1S/C56H40BNO8/c59-53(63-33-37-13-5-1-6-14-37)41-21-25-49-45(29-41)47-31-43(55(61)65-35-39-17-9-3-10-18-39)23-27-51(47)58-52-28-24-44(56(62)66-36-40-19-11-4-12-20-40)32-48(52)46-30-42(22-26-50(46)57(49)58)54(60)64-34-38-15-7-2-8-16-38/h1-32H,33-36H2. The Balaban J connectivity index is 1.07. The van der Waals surface area contributed by atoms with Gasteiger partial charge in [-0.3, -0.25) is 0 Å². The molecule has 2 aliphatic heterocycles. The topological polar surface area (TPSA) is 108 Å². The normalized spacial score (nSPS) is 11.8. The summed E-state index contributed by atoms with van der Waals surface area (Å²) in [7, 11) is 0. The molecular formula is C56H40BNO8. The number of esters is 4. The largest absolute Gasteiger partial charge is 0.457 e. The van der Waals surface area contributed by atoms with E-state index in [2.05, 4.69) is 4.81 Å². The fourth-order valence-electron chi connectivity index (χ4n) is 8.57. The van der Waals surface area contributed by atoms with Crippen molar-refractivity contribution in [1.82, 2.24) is 0 Å². The molecular weight excluding hydrogens is 825 g/mol. The van der Waals surface area contributed by atoms with Crippen molar-refractivity contribution in [2.24, 2.45) is 0 Å². The number of ether oxygens (including phenoxy) is 4. The third kappa shape index (κ3) is 8.47. The highest BCUT2D eigenvalue weighted by Crippen LogP contribution is 2.47. The molecule has 0 spiro atoms. The van der Waals surface area contributed by atoms with E-state index < -0.39 is 30.7 Å². The molecule has 0 fully saturated rings. The van der Waals surface area contributed by atoms with Gasteiger partial charge in [0, 0.05) is 22.5 Å². The number of anilines is 2. The van der Waals surface area contributed by atoms with Crippen LogP contribution in [0.4, 0.5) is 11.4 Å². The van der Waals surface area contributed by atoms with E-state index in [1.165, 1.54) is 0 Å². The number of hydrogen-bond acceptors (Lipinski definition) is 9. The summed E-state index contributed by atoms with van der Waals surface area (Å²) in [5, 5.41) is 0. The van der Waals surface area contributed by atoms with Gasteiger partial charge in [0.1, 0.15) is 26.4 Å². The predicted octanol–water partition coefficient (Wildman–Crippen LogP) is 10.0. The van der Waals surface area contributed by atoms with Crippen LogP contribution >= 0.6 is 0 Å². The highest BCUT2D eigenvalue weighted by Gasteiger charge is 2.43. The van der Waals surface area contributed by atoms with Gasteiger partial charge in [-0.25, -0.2) is 19.2 Å². The zero-order valence-electron chi connectivity index (χ0n) is 35.6. The minimum absolute atomic E-state index is 0.0982. The summed E-state index contributed by atoms with van der Waals surface area (Å²) in [4.78, 5) is 57.1. The molecule has 0 amide bonds. The minimum atomic E-state index is -0.501. The Hall–Kier alpha value is -8.50. The first-order valence-electron chi connectivity index (χ1n) is 21.6. The molecule has 8 aromatic rings. The molecule has 0 N–H and O–H groups in total. The maximum Gasteiger partial charge on any atom is 0.338 e. The first-order chi connectivity index (χ1) is 32.4. The van der Waals surface area contributed by atoms with Crippen LogP contribution in [0.25, 0.3) is 22.3 Å². The van der Waals surface area contributed by atoms with Crippen molar-refractivity contribution in [2.45, 2.75) is 26.4 Å². The summed E-state index contributed by atoms with van der Waals surface area (Å²) < 4.78 is 23.2. The van der Waals surface area contributed by atoms with Crippen LogP contribution in [0.1, 0.15) is 63.7 Å². The second kappa shape index (κ2) is 18.3. The lowest BCUT2D eigenvalue weighted by Crippen LogP contribution is -2.59. The number of carbonyl (C=O) groups excluding carboxylic acids is 4. The van der Waals surface area contributed by atoms with E-state index in [1.807, 2.05) is 158 Å². The van der Waals surface area contributed by atoms with E-state index in [9.17, 15) is 19.2 Å². The summed E-state index contributed by atoms with van der Waals surface area (Å²) in [5.41, 5.74) is 10.8. The van der Waals surface area contributed by atoms with Gasteiger partial charge in [0.15, 0.2) is 0 Å².